The molecule has 2 aromatic carbocycles. The van der Waals surface area contributed by atoms with Crippen molar-refractivity contribution in [2.75, 3.05) is 10.6 Å². The van der Waals surface area contributed by atoms with E-state index < -0.39 is 0 Å². The molecule has 0 fully saturated rings. The van der Waals surface area contributed by atoms with E-state index in [4.69, 9.17) is 0 Å². The Balaban J connectivity index is 1.55. The van der Waals surface area contributed by atoms with E-state index in [1.54, 1.807) is 10.9 Å². The molecule has 32 heavy (non-hydrogen) atoms. The molecule has 0 radical (unpaired) electrons. The van der Waals surface area contributed by atoms with Crippen molar-refractivity contribution < 1.29 is 9.59 Å². The number of nitrogens with one attached hydrogen (secondary N) is 2. The number of hydrogen-bond donors (Lipinski definition) is 2. The third kappa shape index (κ3) is 3.56. The second kappa shape index (κ2) is 8.06. The summed E-state index contributed by atoms with van der Waals surface area (Å²) in [4.78, 5) is 26.1. The smallest absolute Gasteiger partial charge is 0.261 e. The van der Waals surface area contributed by atoms with Crippen LogP contribution in [-0.4, -0.2) is 21.5 Å². The summed E-state index contributed by atoms with van der Waals surface area (Å²) in [5, 5.41) is 10.9. The van der Waals surface area contributed by atoms with Crippen molar-refractivity contribution in [3.63, 3.8) is 0 Å². The van der Waals surface area contributed by atoms with Gasteiger partial charge < -0.3 is 10.6 Å². The van der Waals surface area contributed by atoms with E-state index in [-0.39, 0.29) is 17.7 Å². The fourth-order valence-corrected chi connectivity index (χ4v) is 4.66. The Morgan fingerprint density at radius 2 is 1.91 bits per heavy atom. The van der Waals surface area contributed by atoms with Crippen molar-refractivity contribution in [2.45, 2.75) is 39.2 Å². The molecule has 1 aliphatic carbocycles. The van der Waals surface area contributed by atoms with Crippen LogP contribution in [0.2, 0.25) is 0 Å². The van der Waals surface area contributed by atoms with E-state index in [0.717, 1.165) is 45.4 Å². The quantitative estimate of drug-likeness (QED) is 0.505. The fraction of sp³-hybridized carbons (Fsp3) is 0.240. The lowest BCUT2D eigenvalue weighted by molar-refractivity contribution is -0.116. The van der Waals surface area contributed by atoms with Crippen molar-refractivity contribution >= 4 is 39.1 Å². The van der Waals surface area contributed by atoms with Crippen LogP contribution in [0, 0.1) is 13.8 Å². The molecule has 2 aliphatic rings. The Bertz CT molecular complexity index is 1270. The fourth-order valence-electron chi connectivity index (χ4n) is 4.40. The molecule has 3 aromatic rings. The van der Waals surface area contributed by atoms with Gasteiger partial charge in [0, 0.05) is 27.9 Å². The lowest BCUT2D eigenvalue weighted by atomic mass is 9.85. The van der Waals surface area contributed by atoms with Crippen molar-refractivity contribution in [3.8, 4) is 0 Å². The first kappa shape index (κ1) is 20.7. The second-order valence-corrected chi connectivity index (χ2v) is 9.27. The number of rotatable bonds is 3. The van der Waals surface area contributed by atoms with Crippen LogP contribution >= 0.6 is 15.9 Å². The maximum absolute atomic E-state index is 13.2. The number of carbonyl (C=O) groups excluding carboxylic acids is 2. The van der Waals surface area contributed by atoms with Crippen molar-refractivity contribution in [1.82, 2.24) is 9.78 Å². The monoisotopic (exact) mass is 490 g/mol. The number of fused-ring (bicyclic) bond motifs is 1. The Morgan fingerprint density at radius 1 is 1.12 bits per heavy atom. The second-order valence-electron chi connectivity index (χ2n) is 8.35. The zero-order valence-corrected chi connectivity index (χ0v) is 19.5. The summed E-state index contributed by atoms with van der Waals surface area (Å²) in [6.07, 6.45) is 3.69. The molecule has 1 aromatic heterocycles. The van der Waals surface area contributed by atoms with E-state index in [2.05, 4.69) is 31.7 Å². The van der Waals surface area contributed by atoms with Gasteiger partial charge in [-0.05, 0) is 67.6 Å². The van der Waals surface area contributed by atoms with Gasteiger partial charge >= 0.3 is 0 Å². The molecule has 0 spiro atoms. The lowest BCUT2D eigenvalue weighted by Crippen LogP contribution is -2.32. The van der Waals surface area contributed by atoms with Gasteiger partial charge in [0.15, 0.2) is 5.78 Å². The largest absolute Gasteiger partial charge is 0.343 e. The van der Waals surface area contributed by atoms with Crippen molar-refractivity contribution in [2.24, 2.45) is 0 Å². The SMILES string of the molecule is Cc1ccc(NC(=O)c2cnn3c2NC2=C(C(=O)CCC2)[C@@H]3c2ccc(Br)cc2)cc1C. The van der Waals surface area contributed by atoms with Crippen LogP contribution in [-0.2, 0) is 4.79 Å². The first-order valence-electron chi connectivity index (χ1n) is 10.7. The highest BCUT2D eigenvalue weighted by atomic mass is 79.9. The van der Waals surface area contributed by atoms with Gasteiger partial charge in [-0.3, -0.25) is 9.59 Å². The molecular weight excluding hydrogens is 468 g/mol. The predicted octanol–water partition coefficient (Wildman–Crippen LogP) is 5.54. The molecule has 0 saturated heterocycles. The van der Waals surface area contributed by atoms with Gasteiger partial charge in [-0.1, -0.05) is 34.1 Å². The number of ketones is 1. The van der Waals surface area contributed by atoms with Gasteiger partial charge in [0.2, 0.25) is 0 Å². The van der Waals surface area contributed by atoms with E-state index >= 15 is 0 Å². The number of aryl methyl sites for hydroxylation is 2. The van der Waals surface area contributed by atoms with Crippen LogP contribution in [0.5, 0.6) is 0 Å². The van der Waals surface area contributed by atoms with Gasteiger partial charge in [-0.2, -0.15) is 5.10 Å². The van der Waals surface area contributed by atoms with Crippen LogP contribution in [0.25, 0.3) is 0 Å². The Kier molecular flexibility index (Phi) is 5.21. The Hall–Kier alpha value is -3.19. The number of nitrogens with zero attached hydrogens (tertiary/aromatic N) is 2. The highest BCUT2D eigenvalue weighted by Crippen LogP contribution is 2.41. The number of hydrogen-bond acceptors (Lipinski definition) is 4. The van der Waals surface area contributed by atoms with Gasteiger partial charge in [0.25, 0.3) is 5.91 Å². The number of Topliss-reactive ketones (excluding diaryl/α,β-unsaturated/α-hetero) is 1. The van der Waals surface area contributed by atoms with Crippen LogP contribution in [0.15, 0.2) is 64.4 Å². The Labute approximate surface area is 194 Å². The van der Waals surface area contributed by atoms with Gasteiger partial charge in [-0.25, -0.2) is 4.68 Å². The highest BCUT2D eigenvalue weighted by Gasteiger charge is 2.37. The maximum atomic E-state index is 13.2. The average Bonchev–Trinajstić information content (AvgIpc) is 3.19. The predicted molar refractivity (Wildman–Crippen MR) is 128 cm³/mol. The molecule has 1 aliphatic heterocycles. The molecule has 1 atom stereocenters. The molecule has 0 bridgehead atoms. The topological polar surface area (TPSA) is 76.0 Å². The number of anilines is 2. The molecular formula is C25H23BrN4O2. The summed E-state index contributed by atoms with van der Waals surface area (Å²) < 4.78 is 2.73. The lowest BCUT2D eigenvalue weighted by Gasteiger charge is -2.33. The zero-order valence-electron chi connectivity index (χ0n) is 17.9. The van der Waals surface area contributed by atoms with E-state index in [9.17, 15) is 9.59 Å². The first-order valence-corrected chi connectivity index (χ1v) is 11.5. The zero-order chi connectivity index (χ0) is 22.4. The molecule has 6 nitrogen and oxygen atoms in total. The van der Waals surface area contributed by atoms with Gasteiger partial charge in [0.1, 0.15) is 17.4 Å². The van der Waals surface area contributed by atoms with Gasteiger partial charge in [0.05, 0.1) is 6.20 Å². The minimum absolute atomic E-state index is 0.133. The summed E-state index contributed by atoms with van der Waals surface area (Å²) in [5.41, 5.74) is 6.08. The minimum Gasteiger partial charge on any atom is -0.343 e. The highest BCUT2D eigenvalue weighted by molar-refractivity contribution is 9.10. The summed E-state index contributed by atoms with van der Waals surface area (Å²) in [6.45, 7) is 4.06. The van der Waals surface area contributed by atoms with Crippen molar-refractivity contribution in [3.05, 3.63) is 86.7 Å². The molecule has 7 heteroatoms. The number of aromatic nitrogens is 2. The van der Waals surface area contributed by atoms with Crippen LogP contribution in [0.3, 0.4) is 0 Å². The molecule has 0 unspecified atom stereocenters. The maximum Gasteiger partial charge on any atom is 0.261 e. The molecule has 0 saturated carbocycles. The summed E-state index contributed by atoms with van der Waals surface area (Å²) >= 11 is 3.48. The van der Waals surface area contributed by atoms with Crippen LogP contribution in [0.1, 0.15) is 52.4 Å². The number of allylic oxidation sites excluding steroid dienone is 2. The molecule has 5 rings (SSSR count). The first-order chi connectivity index (χ1) is 15.4. The summed E-state index contributed by atoms with van der Waals surface area (Å²) in [6, 6.07) is 13.4. The van der Waals surface area contributed by atoms with Gasteiger partial charge in [-0.15, -0.1) is 0 Å². The summed E-state index contributed by atoms with van der Waals surface area (Å²) in [7, 11) is 0. The standard InChI is InChI=1S/C25H23BrN4O2/c1-14-6-11-18(12-15(14)2)28-25(32)19-13-27-30-23(16-7-9-17(26)10-8-16)22-20(29-24(19)30)4-3-5-21(22)31/h6-13,23,29H,3-5H2,1-2H3,(H,28,32)/t23-/m0/s1. The van der Waals surface area contributed by atoms with Crippen molar-refractivity contribution in [1.29, 1.82) is 0 Å². The number of carbonyl (C=O) groups is 2. The average molecular weight is 491 g/mol. The van der Waals surface area contributed by atoms with E-state index in [1.807, 2.05) is 56.3 Å². The third-order valence-electron chi connectivity index (χ3n) is 6.23. The van der Waals surface area contributed by atoms with E-state index in [1.165, 1.54) is 5.56 Å². The minimum atomic E-state index is -0.356. The molecule has 2 N–H and O–H groups in total. The number of benzene rings is 2. The number of amides is 1. The molecule has 162 valence electrons. The Morgan fingerprint density at radius 3 is 2.66 bits per heavy atom. The summed E-state index contributed by atoms with van der Waals surface area (Å²) in [5.74, 6) is 0.518. The number of halogens is 1. The van der Waals surface area contributed by atoms with E-state index in [0.29, 0.717) is 17.8 Å². The van der Waals surface area contributed by atoms with Crippen LogP contribution in [0.4, 0.5) is 11.5 Å². The molecule has 1 amide bonds. The van der Waals surface area contributed by atoms with Crippen LogP contribution < -0.4 is 10.6 Å². The molecule has 2 heterocycles. The normalized spacial score (nSPS) is 17.5. The third-order valence-corrected chi connectivity index (χ3v) is 6.76.